The Balaban J connectivity index is 2.00. The molecule has 0 spiro atoms. The van der Waals surface area contributed by atoms with E-state index in [1.165, 1.54) is 29.9 Å². The monoisotopic (exact) mass is 403 g/mol. The molecule has 1 aromatic carbocycles. The van der Waals surface area contributed by atoms with E-state index in [0.717, 1.165) is 25.9 Å². The maximum Gasteiger partial charge on any atom is 0.338 e. The van der Waals surface area contributed by atoms with Crippen LogP contribution in [-0.2, 0) is 9.53 Å². The molecular formula is C20H27N4O5+. The van der Waals surface area contributed by atoms with Crippen LogP contribution in [0.15, 0.2) is 35.5 Å². The number of quaternary nitrogens is 1. The van der Waals surface area contributed by atoms with Crippen molar-refractivity contribution in [2.75, 3.05) is 26.2 Å². The molecule has 3 rings (SSSR count). The maximum atomic E-state index is 12.8. The van der Waals surface area contributed by atoms with E-state index < -0.39 is 23.0 Å². The third-order valence-corrected chi connectivity index (χ3v) is 5.30. The summed E-state index contributed by atoms with van der Waals surface area (Å²) in [6.45, 7) is 4.37. The van der Waals surface area contributed by atoms with Crippen molar-refractivity contribution in [2.24, 2.45) is 0 Å². The molecular weight excluding hydrogens is 376 g/mol. The lowest BCUT2D eigenvalue weighted by atomic mass is 9.94. The SMILES string of the molecule is CCOC(=O)C1=C(C[NH+]2CCCCCC2)NC(=O)N[C@@H]1c1cccc([N+](=O)[O-])c1. The molecule has 9 heteroatoms. The van der Waals surface area contributed by atoms with Gasteiger partial charge in [0.1, 0.15) is 6.54 Å². The number of urea groups is 1. The fraction of sp³-hybridized carbons (Fsp3) is 0.500. The summed E-state index contributed by atoms with van der Waals surface area (Å²) in [6.07, 6.45) is 4.60. The van der Waals surface area contributed by atoms with Crippen molar-refractivity contribution >= 4 is 17.7 Å². The zero-order chi connectivity index (χ0) is 20.8. The summed E-state index contributed by atoms with van der Waals surface area (Å²) in [5.74, 6) is -0.527. The summed E-state index contributed by atoms with van der Waals surface area (Å²) < 4.78 is 5.26. The second-order valence-electron chi connectivity index (χ2n) is 7.34. The predicted molar refractivity (Wildman–Crippen MR) is 105 cm³/mol. The average Bonchev–Trinajstić information content (AvgIpc) is 2.96. The maximum absolute atomic E-state index is 12.8. The van der Waals surface area contributed by atoms with Gasteiger partial charge in [0.15, 0.2) is 0 Å². The van der Waals surface area contributed by atoms with Crippen LogP contribution in [0.3, 0.4) is 0 Å². The number of nitrogens with one attached hydrogen (secondary N) is 3. The Morgan fingerprint density at radius 3 is 2.66 bits per heavy atom. The molecule has 2 heterocycles. The lowest BCUT2D eigenvalue weighted by Gasteiger charge is -2.30. The number of non-ortho nitro benzene ring substituents is 1. The standard InChI is InChI=1S/C20H26N4O5/c1-2-29-19(25)17-16(13-23-10-5-3-4-6-11-23)21-20(26)22-18(17)14-8-7-9-15(12-14)24(27)28/h7-9,12,18H,2-6,10-11,13H2,1H3,(H2,21,22,26)/p+1/t18-/m1/s1. The van der Waals surface area contributed by atoms with Gasteiger partial charge in [0.2, 0.25) is 0 Å². The highest BCUT2D eigenvalue weighted by atomic mass is 16.6. The first kappa shape index (κ1) is 20.8. The number of carbonyl (C=O) groups excluding carboxylic acids is 2. The van der Waals surface area contributed by atoms with Gasteiger partial charge in [0.05, 0.1) is 41.9 Å². The summed E-state index contributed by atoms with van der Waals surface area (Å²) >= 11 is 0. The molecule has 9 nitrogen and oxygen atoms in total. The molecule has 2 aliphatic heterocycles. The first-order valence-electron chi connectivity index (χ1n) is 10.0. The lowest BCUT2D eigenvalue weighted by molar-refractivity contribution is -0.894. The van der Waals surface area contributed by atoms with E-state index in [1.54, 1.807) is 19.1 Å². The quantitative estimate of drug-likeness (QED) is 0.375. The fourth-order valence-electron chi connectivity index (χ4n) is 3.93. The van der Waals surface area contributed by atoms with Gasteiger partial charge in [-0.2, -0.15) is 0 Å². The molecule has 3 N–H and O–H groups in total. The minimum absolute atomic E-state index is 0.0989. The van der Waals surface area contributed by atoms with Crippen LogP contribution in [0.1, 0.15) is 44.2 Å². The van der Waals surface area contributed by atoms with Gasteiger partial charge in [-0.3, -0.25) is 10.1 Å². The molecule has 0 aromatic heterocycles. The number of likely N-dealkylation sites (tertiary alicyclic amines) is 1. The third kappa shape index (κ3) is 5.11. The van der Waals surface area contributed by atoms with Gasteiger partial charge < -0.3 is 20.3 Å². The average molecular weight is 403 g/mol. The molecule has 0 bridgehead atoms. The number of esters is 1. The Morgan fingerprint density at radius 2 is 2.00 bits per heavy atom. The number of carbonyl (C=O) groups is 2. The smallest absolute Gasteiger partial charge is 0.338 e. The Labute approximate surface area is 169 Å². The van der Waals surface area contributed by atoms with Crippen molar-refractivity contribution in [3.63, 3.8) is 0 Å². The lowest BCUT2D eigenvalue weighted by Crippen LogP contribution is -3.12. The molecule has 1 atom stereocenters. The van der Waals surface area contributed by atoms with Crippen LogP contribution < -0.4 is 15.5 Å². The highest BCUT2D eigenvalue weighted by Gasteiger charge is 2.35. The van der Waals surface area contributed by atoms with Crippen LogP contribution >= 0.6 is 0 Å². The summed E-state index contributed by atoms with van der Waals surface area (Å²) in [4.78, 5) is 37.2. The van der Waals surface area contributed by atoms with Crippen LogP contribution in [-0.4, -0.2) is 43.2 Å². The van der Waals surface area contributed by atoms with Crippen LogP contribution in [0, 0.1) is 10.1 Å². The highest BCUT2D eigenvalue weighted by Crippen LogP contribution is 2.29. The number of hydrogen-bond donors (Lipinski definition) is 3. The summed E-state index contributed by atoms with van der Waals surface area (Å²) in [6, 6.07) is 4.74. The summed E-state index contributed by atoms with van der Waals surface area (Å²) in [5.41, 5.74) is 1.21. The Bertz CT molecular complexity index is 815. The predicted octanol–water partition coefficient (Wildman–Crippen LogP) is 1.22. The molecule has 29 heavy (non-hydrogen) atoms. The Hall–Kier alpha value is -2.94. The number of benzene rings is 1. The molecule has 0 unspecified atom stereocenters. The second-order valence-corrected chi connectivity index (χ2v) is 7.34. The highest BCUT2D eigenvalue weighted by molar-refractivity contribution is 5.95. The minimum Gasteiger partial charge on any atom is -0.463 e. The third-order valence-electron chi connectivity index (χ3n) is 5.30. The van der Waals surface area contributed by atoms with Gasteiger partial charge in [-0.05, 0) is 38.2 Å². The molecule has 0 radical (unpaired) electrons. The van der Waals surface area contributed by atoms with Crippen LogP contribution in [0.2, 0.25) is 0 Å². The van der Waals surface area contributed by atoms with Gasteiger partial charge in [0, 0.05) is 12.1 Å². The van der Waals surface area contributed by atoms with Crippen LogP contribution in [0.4, 0.5) is 10.5 Å². The van der Waals surface area contributed by atoms with Gasteiger partial charge in [-0.15, -0.1) is 0 Å². The number of ether oxygens (including phenoxy) is 1. The molecule has 2 aliphatic rings. The molecule has 1 aromatic rings. The molecule has 1 saturated heterocycles. The number of rotatable bonds is 6. The van der Waals surface area contributed by atoms with Crippen molar-refractivity contribution in [1.82, 2.24) is 10.6 Å². The van der Waals surface area contributed by atoms with E-state index >= 15 is 0 Å². The largest absolute Gasteiger partial charge is 0.463 e. The molecule has 2 amide bonds. The molecule has 0 aliphatic carbocycles. The van der Waals surface area contributed by atoms with Crippen molar-refractivity contribution in [3.8, 4) is 0 Å². The Kier molecular flexibility index (Phi) is 6.82. The number of hydrogen-bond acceptors (Lipinski definition) is 5. The molecule has 1 fully saturated rings. The first-order chi connectivity index (χ1) is 14.0. The van der Waals surface area contributed by atoms with Crippen molar-refractivity contribution in [1.29, 1.82) is 0 Å². The van der Waals surface area contributed by atoms with Gasteiger partial charge in [-0.25, -0.2) is 9.59 Å². The van der Waals surface area contributed by atoms with E-state index in [2.05, 4.69) is 10.6 Å². The minimum atomic E-state index is -0.802. The number of nitrogens with zero attached hydrogens (tertiary/aromatic N) is 1. The van der Waals surface area contributed by atoms with Crippen LogP contribution in [0.5, 0.6) is 0 Å². The first-order valence-corrected chi connectivity index (χ1v) is 10.0. The van der Waals surface area contributed by atoms with Gasteiger partial charge >= 0.3 is 12.0 Å². The molecule has 156 valence electrons. The number of nitro groups is 1. The number of amides is 2. The van der Waals surface area contributed by atoms with Crippen LogP contribution in [0.25, 0.3) is 0 Å². The normalized spacial score (nSPS) is 20.4. The van der Waals surface area contributed by atoms with E-state index in [-0.39, 0.29) is 12.3 Å². The van der Waals surface area contributed by atoms with E-state index in [4.69, 9.17) is 4.74 Å². The summed E-state index contributed by atoms with van der Waals surface area (Å²) in [5, 5.41) is 16.7. The van der Waals surface area contributed by atoms with E-state index in [0.29, 0.717) is 23.4 Å². The fourth-order valence-corrected chi connectivity index (χ4v) is 3.93. The second kappa shape index (κ2) is 9.51. The van der Waals surface area contributed by atoms with Crippen molar-refractivity contribution in [2.45, 2.75) is 38.6 Å². The van der Waals surface area contributed by atoms with Crippen molar-refractivity contribution < 1.29 is 24.1 Å². The Morgan fingerprint density at radius 1 is 1.28 bits per heavy atom. The topological polar surface area (TPSA) is 115 Å². The van der Waals surface area contributed by atoms with E-state index in [1.807, 2.05) is 0 Å². The van der Waals surface area contributed by atoms with E-state index in [9.17, 15) is 19.7 Å². The van der Waals surface area contributed by atoms with Gasteiger partial charge in [-0.1, -0.05) is 12.1 Å². The number of nitro benzene ring substituents is 1. The van der Waals surface area contributed by atoms with Gasteiger partial charge in [0.25, 0.3) is 5.69 Å². The summed E-state index contributed by atoms with van der Waals surface area (Å²) in [7, 11) is 0. The molecule has 0 saturated carbocycles. The van der Waals surface area contributed by atoms with Crippen molar-refractivity contribution in [3.05, 3.63) is 51.2 Å². The zero-order valence-corrected chi connectivity index (χ0v) is 16.5. The zero-order valence-electron chi connectivity index (χ0n) is 16.5.